The van der Waals surface area contributed by atoms with Crippen LogP contribution >= 0.6 is 0 Å². The van der Waals surface area contributed by atoms with E-state index in [4.69, 9.17) is 9.15 Å². The van der Waals surface area contributed by atoms with Crippen LogP contribution < -0.4 is 10.1 Å². The summed E-state index contributed by atoms with van der Waals surface area (Å²) in [4.78, 5) is 0. The van der Waals surface area contributed by atoms with E-state index in [1.54, 1.807) is 7.11 Å². The van der Waals surface area contributed by atoms with E-state index in [2.05, 4.69) is 17.4 Å². The second kappa shape index (κ2) is 3.70. The summed E-state index contributed by atoms with van der Waals surface area (Å²) >= 11 is 0. The standard InChI is InChI=1S/C14H13NO2/c1-15-11-8-7-10-9-5-3-4-6-12(9)17-13(10)14(11)16-2/h3-8,15H,1-2H3. The molecule has 0 amide bonds. The van der Waals surface area contributed by atoms with E-state index in [1.165, 1.54) is 0 Å². The van der Waals surface area contributed by atoms with Crippen molar-refractivity contribution in [2.75, 3.05) is 19.5 Å². The fraction of sp³-hybridized carbons (Fsp3) is 0.143. The van der Waals surface area contributed by atoms with Crippen molar-refractivity contribution in [2.45, 2.75) is 0 Å². The smallest absolute Gasteiger partial charge is 0.185 e. The molecular formula is C14H13NO2. The van der Waals surface area contributed by atoms with Crippen LogP contribution in [0.1, 0.15) is 0 Å². The molecule has 17 heavy (non-hydrogen) atoms. The number of fused-ring (bicyclic) bond motifs is 3. The van der Waals surface area contributed by atoms with Crippen LogP contribution in [-0.2, 0) is 0 Å². The van der Waals surface area contributed by atoms with Gasteiger partial charge in [-0.1, -0.05) is 18.2 Å². The molecule has 0 radical (unpaired) electrons. The number of furan rings is 1. The summed E-state index contributed by atoms with van der Waals surface area (Å²) in [6.07, 6.45) is 0. The second-order valence-electron chi connectivity index (χ2n) is 3.87. The van der Waals surface area contributed by atoms with Crippen molar-refractivity contribution in [1.29, 1.82) is 0 Å². The van der Waals surface area contributed by atoms with Crippen molar-refractivity contribution < 1.29 is 9.15 Å². The number of ether oxygens (including phenoxy) is 1. The first kappa shape index (κ1) is 10.0. The number of benzene rings is 2. The fourth-order valence-corrected chi connectivity index (χ4v) is 2.16. The lowest BCUT2D eigenvalue weighted by molar-refractivity contribution is 0.414. The third-order valence-electron chi connectivity index (χ3n) is 2.97. The molecule has 3 nitrogen and oxygen atoms in total. The number of hydrogen-bond donors (Lipinski definition) is 1. The number of hydrogen-bond acceptors (Lipinski definition) is 3. The van der Waals surface area contributed by atoms with Crippen LogP contribution in [0.4, 0.5) is 5.69 Å². The Hall–Kier alpha value is -2.16. The molecule has 1 heterocycles. The highest BCUT2D eigenvalue weighted by Gasteiger charge is 2.13. The van der Waals surface area contributed by atoms with Gasteiger partial charge in [-0.05, 0) is 18.2 Å². The molecule has 0 aliphatic heterocycles. The third kappa shape index (κ3) is 1.35. The van der Waals surface area contributed by atoms with Crippen molar-refractivity contribution in [3.05, 3.63) is 36.4 Å². The summed E-state index contributed by atoms with van der Waals surface area (Å²) in [5.41, 5.74) is 2.61. The fourth-order valence-electron chi connectivity index (χ4n) is 2.16. The van der Waals surface area contributed by atoms with Crippen molar-refractivity contribution >= 4 is 27.6 Å². The normalized spacial score (nSPS) is 10.9. The van der Waals surface area contributed by atoms with E-state index >= 15 is 0 Å². The summed E-state index contributed by atoms with van der Waals surface area (Å²) in [5.74, 6) is 0.751. The molecule has 1 N–H and O–H groups in total. The summed E-state index contributed by atoms with van der Waals surface area (Å²) in [6, 6.07) is 12.1. The first-order valence-corrected chi connectivity index (χ1v) is 5.51. The van der Waals surface area contributed by atoms with Crippen LogP contribution in [0.3, 0.4) is 0 Å². The van der Waals surface area contributed by atoms with Crippen LogP contribution in [0.5, 0.6) is 5.75 Å². The minimum atomic E-state index is 0.751. The van der Waals surface area contributed by atoms with Gasteiger partial charge in [-0.2, -0.15) is 0 Å². The maximum absolute atomic E-state index is 5.85. The van der Waals surface area contributed by atoms with Gasteiger partial charge in [0, 0.05) is 17.8 Å². The molecule has 0 atom stereocenters. The maximum Gasteiger partial charge on any atom is 0.185 e. The Bertz CT molecular complexity index is 685. The second-order valence-corrected chi connectivity index (χ2v) is 3.87. The van der Waals surface area contributed by atoms with Crippen LogP contribution in [0.2, 0.25) is 0 Å². The van der Waals surface area contributed by atoms with E-state index < -0.39 is 0 Å². The molecule has 0 saturated heterocycles. The Kier molecular flexibility index (Phi) is 2.18. The Morgan fingerprint density at radius 3 is 2.65 bits per heavy atom. The number of anilines is 1. The third-order valence-corrected chi connectivity index (χ3v) is 2.97. The monoisotopic (exact) mass is 227 g/mol. The van der Waals surface area contributed by atoms with Gasteiger partial charge in [0.15, 0.2) is 11.3 Å². The van der Waals surface area contributed by atoms with Gasteiger partial charge in [0.25, 0.3) is 0 Å². The molecule has 2 aromatic carbocycles. The van der Waals surface area contributed by atoms with Gasteiger partial charge in [0.2, 0.25) is 0 Å². The Morgan fingerprint density at radius 2 is 1.88 bits per heavy atom. The lowest BCUT2D eigenvalue weighted by Gasteiger charge is -2.07. The lowest BCUT2D eigenvalue weighted by Crippen LogP contribution is -1.93. The minimum absolute atomic E-state index is 0.751. The molecule has 0 aliphatic carbocycles. The van der Waals surface area contributed by atoms with Gasteiger partial charge < -0.3 is 14.5 Å². The molecule has 0 bridgehead atoms. The van der Waals surface area contributed by atoms with E-state index in [0.29, 0.717) is 0 Å². The average Bonchev–Trinajstić information content (AvgIpc) is 2.75. The molecule has 3 aromatic rings. The molecule has 3 heteroatoms. The molecule has 0 saturated carbocycles. The quantitative estimate of drug-likeness (QED) is 0.725. The van der Waals surface area contributed by atoms with Crippen molar-refractivity contribution in [3.8, 4) is 5.75 Å². The molecule has 3 rings (SSSR count). The van der Waals surface area contributed by atoms with E-state index in [9.17, 15) is 0 Å². The highest BCUT2D eigenvalue weighted by molar-refractivity contribution is 6.08. The van der Waals surface area contributed by atoms with Gasteiger partial charge in [0.05, 0.1) is 12.8 Å². The zero-order valence-corrected chi connectivity index (χ0v) is 9.78. The topological polar surface area (TPSA) is 34.4 Å². The van der Waals surface area contributed by atoms with Gasteiger partial charge in [-0.25, -0.2) is 0 Å². The molecule has 0 aliphatic rings. The average molecular weight is 227 g/mol. The number of rotatable bonds is 2. The summed E-state index contributed by atoms with van der Waals surface area (Å²) < 4.78 is 11.3. The van der Waals surface area contributed by atoms with E-state index in [1.807, 2.05) is 31.3 Å². The highest BCUT2D eigenvalue weighted by atomic mass is 16.5. The SMILES string of the molecule is CNc1ccc2c(oc3ccccc32)c1OC. The maximum atomic E-state index is 5.85. The first-order valence-electron chi connectivity index (χ1n) is 5.51. The Morgan fingerprint density at radius 1 is 1.06 bits per heavy atom. The molecular weight excluding hydrogens is 214 g/mol. The van der Waals surface area contributed by atoms with E-state index in [0.717, 1.165) is 33.4 Å². The van der Waals surface area contributed by atoms with Gasteiger partial charge in [0.1, 0.15) is 5.58 Å². The van der Waals surface area contributed by atoms with Crippen molar-refractivity contribution in [1.82, 2.24) is 0 Å². The number of para-hydroxylation sites is 1. The molecule has 86 valence electrons. The van der Waals surface area contributed by atoms with Crippen LogP contribution in [0, 0.1) is 0 Å². The zero-order valence-electron chi connectivity index (χ0n) is 9.78. The van der Waals surface area contributed by atoms with Crippen LogP contribution in [-0.4, -0.2) is 14.2 Å². The van der Waals surface area contributed by atoms with Gasteiger partial charge >= 0.3 is 0 Å². The summed E-state index contributed by atoms with van der Waals surface area (Å²) in [6.45, 7) is 0. The summed E-state index contributed by atoms with van der Waals surface area (Å²) in [5, 5.41) is 5.29. The van der Waals surface area contributed by atoms with Crippen molar-refractivity contribution in [3.63, 3.8) is 0 Å². The molecule has 0 spiro atoms. The zero-order chi connectivity index (χ0) is 11.8. The molecule has 1 aromatic heterocycles. The first-order chi connectivity index (χ1) is 8.35. The van der Waals surface area contributed by atoms with E-state index in [-0.39, 0.29) is 0 Å². The van der Waals surface area contributed by atoms with Gasteiger partial charge in [-0.3, -0.25) is 0 Å². The Labute approximate surface area is 99.0 Å². The molecule has 0 fully saturated rings. The minimum Gasteiger partial charge on any atom is -0.491 e. The Balaban J connectivity index is 2.47. The van der Waals surface area contributed by atoms with Crippen LogP contribution in [0.15, 0.2) is 40.8 Å². The number of nitrogens with one attached hydrogen (secondary N) is 1. The highest BCUT2D eigenvalue weighted by Crippen LogP contribution is 2.38. The van der Waals surface area contributed by atoms with Crippen LogP contribution in [0.25, 0.3) is 21.9 Å². The largest absolute Gasteiger partial charge is 0.491 e. The summed E-state index contributed by atoms with van der Waals surface area (Å²) in [7, 11) is 3.52. The van der Waals surface area contributed by atoms with Crippen molar-refractivity contribution in [2.24, 2.45) is 0 Å². The van der Waals surface area contributed by atoms with Gasteiger partial charge in [-0.15, -0.1) is 0 Å². The predicted octanol–water partition coefficient (Wildman–Crippen LogP) is 3.64. The number of methoxy groups -OCH3 is 1. The molecule has 0 unspecified atom stereocenters. The lowest BCUT2D eigenvalue weighted by atomic mass is 10.1. The predicted molar refractivity (Wildman–Crippen MR) is 69.8 cm³/mol.